The van der Waals surface area contributed by atoms with Gasteiger partial charge in [0.1, 0.15) is 17.2 Å². The number of aromatic nitrogens is 3. The number of rotatable bonds is 5. The smallest absolute Gasteiger partial charge is 0.417 e. The molecular weight excluding hydrogens is 595 g/mol. The molecule has 0 saturated carbocycles. The highest BCUT2D eigenvalue weighted by Crippen LogP contribution is 2.45. The van der Waals surface area contributed by atoms with Crippen LogP contribution in [-0.2, 0) is 11.0 Å². The predicted octanol–water partition coefficient (Wildman–Crippen LogP) is 4.09. The average molecular weight is 625 g/mol. The summed E-state index contributed by atoms with van der Waals surface area (Å²) in [7, 11) is 3.40. The summed E-state index contributed by atoms with van der Waals surface area (Å²) in [6.45, 7) is 2.92. The zero-order chi connectivity index (χ0) is 31.1. The van der Waals surface area contributed by atoms with Crippen LogP contribution in [0.5, 0.6) is 6.01 Å². The SMILES string of the molecule is CN1CCCC1.COc1nc(NC2CN(C(=O)CN)C2)c2cc(C(F)(F)F)c(-c3ccc(F)c4sc(N)nc34)c(F)c2n1. The van der Waals surface area contributed by atoms with E-state index in [0.717, 1.165) is 29.5 Å². The molecule has 43 heavy (non-hydrogen) atoms. The third-order valence-electron chi connectivity index (χ3n) is 7.26. The summed E-state index contributed by atoms with van der Waals surface area (Å²) in [6, 6.07) is 2.01. The fourth-order valence-electron chi connectivity index (χ4n) is 5.06. The van der Waals surface area contributed by atoms with Crippen molar-refractivity contribution in [2.75, 3.05) is 57.9 Å². The first-order valence-electron chi connectivity index (χ1n) is 13.3. The quantitative estimate of drug-likeness (QED) is 0.281. The summed E-state index contributed by atoms with van der Waals surface area (Å²) in [4.78, 5) is 27.5. The highest BCUT2D eigenvalue weighted by atomic mass is 32.1. The number of thiazole rings is 1. The van der Waals surface area contributed by atoms with Gasteiger partial charge < -0.3 is 31.3 Å². The van der Waals surface area contributed by atoms with Gasteiger partial charge in [-0.15, -0.1) is 0 Å². The molecule has 2 aliphatic heterocycles. The summed E-state index contributed by atoms with van der Waals surface area (Å²) in [6.07, 6.45) is -2.18. The molecule has 0 spiro atoms. The Bertz CT molecular complexity index is 1670. The largest absolute Gasteiger partial charge is 0.467 e. The van der Waals surface area contributed by atoms with E-state index in [1.54, 1.807) is 0 Å². The molecule has 2 saturated heterocycles. The van der Waals surface area contributed by atoms with E-state index in [2.05, 4.69) is 32.2 Å². The number of carbonyl (C=O) groups excluding carboxylic acids is 1. The third kappa shape index (κ3) is 6.12. The molecule has 0 aliphatic carbocycles. The average Bonchev–Trinajstić information content (AvgIpc) is 3.59. The van der Waals surface area contributed by atoms with Crippen LogP contribution in [0.3, 0.4) is 0 Å². The molecule has 6 rings (SSSR count). The molecule has 2 aliphatic rings. The van der Waals surface area contributed by atoms with Gasteiger partial charge in [-0.25, -0.2) is 13.8 Å². The molecule has 5 N–H and O–H groups in total. The second-order valence-corrected chi connectivity index (χ2v) is 11.3. The van der Waals surface area contributed by atoms with Crippen LogP contribution in [0, 0.1) is 11.6 Å². The zero-order valence-electron chi connectivity index (χ0n) is 23.3. The maximum Gasteiger partial charge on any atom is 0.417 e. The predicted molar refractivity (Wildman–Crippen MR) is 154 cm³/mol. The number of hydrogen-bond donors (Lipinski definition) is 3. The monoisotopic (exact) mass is 624 g/mol. The van der Waals surface area contributed by atoms with Crippen molar-refractivity contribution in [2.24, 2.45) is 5.73 Å². The summed E-state index contributed by atoms with van der Waals surface area (Å²) in [5.74, 6) is -2.46. The van der Waals surface area contributed by atoms with Crippen LogP contribution in [0.25, 0.3) is 32.2 Å². The Balaban J connectivity index is 0.000000548. The van der Waals surface area contributed by atoms with Gasteiger partial charge in [-0.1, -0.05) is 11.3 Å². The number of amides is 1. The highest BCUT2D eigenvalue weighted by Gasteiger charge is 2.38. The Morgan fingerprint density at radius 1 is 1.14 bits per heavy atom. The van der Waals surface area contributed by atoms with Crippen molar-refractivity contribution in [3.8, 4) is 17.1 Å². The number of fused-ring (bicyclic) bond motifs is 2. The number of halogens is 5. The Kier molecular flexibility index (Phi) is 8.54. The Morgan fingerprint density at radius 2 is 1.84 bits per heavy atom. The fraction of sp³-hybridized carbons (Fsp3) is 0.407. The van der Waals surface area contributed by atoms with Crippen molar-refractivity contribution in [1.82, 2.24) is 24.8 Å². The lowest BCUT2D eigenvalue weighted by Crippen LogP contribution is -2.58. The van der Waals surface area contributed by atoms with Crippen LogP contribution in [0.15, 0.2) is 18.2 Å². The van der Waals surface area contributed by atoms with E-state index >= 15 is 4.39 Å². The standard InChI is InChI=1S/C22H18F5N7O2S.C5H11N/c1-36-21-32-16-10(19(33-21)30-8-6-34(7-8)13(35)5-28)4-11(22(25,26)27)14(15(16)24)9-2-3-12(23)18-17(9)31-20(29)37-18;1-6-4-2-3-5-6/h2-4,8H,5-7,28H2,1H3,(H2,29,31)(H,30,32,33);2-5H2,1H3. The number of nitrogens with zero attached hydrogens (tertiary/aromatic N) is 5. The number of alkyl halides is 3. The normalized spacial score (nSPS) is 15.9. The second kappa shape index (κ2) is 12.0. The lowest BCUT2D eigenvalue weighted by molar-refractivity contribution is -0.137. The molecule has 2 aromatic carbocycles. The van der Waals surface area contributed by atoms with E-state index in [9.17, 15) is 22.4 Å². The van der Waals surface area contributed by atoms with Crippen LogP contribution in [0.2, 0.25) is 0 Å². The number of ether oxygens (including phenoxy) is 1. The van der Waals surface area contributed by atoms with Crippen LogP contribution in [0.4, 0.5) is 32.9 Å². The molecule has 4 heterocycles. The molecule has 4 aromatic rings. The summed E-state index contributed by atoms with van der Waals surface area (Å²) in [5.41, 5.74) is 7.88. The van der Waals surface area contributed by atoms with Crippen LogP contribution in [-0.4, -0.2) is 83.6 Å². The molecule has 230 valence electrons. The van der Waals surface area contributed by atoms with E-state index in [-0.39, 0.29) is 69.7 Å². The Labute approximate surface area is 246 Å². The number of methoxy groups -OCH3 is 1. The van der Waals surface area contributed by atoms with Crippen LogP contribution < -0.4 is 21.5 Å². The van der Waals surface area contributed by atoms with Gasteiger partial charge in [-0.2, -0.15) is 23.1 Å². The molecule has 2 aromatic heterocycles. The molecule has 1 amide bonds. The Morgan fingerprint density at radius 3 is 2.42 bits per heavy atom. The lowest BCUT2D eigenvalue weighted by atomic mass is 9.95. The van der Waals surface area contributed by atoms with Crippen molar-refractivity contribution in [3.63, 3.8) is 0 Å². The number of likely N-dealkylation sites (tertiary alicyclic amines) is 2. The molecule has 0 unspecified atom stereocenters. The number of nitrogens with one attached hydrogen (secondary N) is 1. The Hall–Kier alpha value is -3.89. The zero-order valence-corrected chi connectivity index (χ0v) is 24.1. The first kappa shape index (κ1) is 30.6. The minimum Gasteiger partial charge on any atom is -0.467 e. The van der Waals surface area contributed by atoms with E-state index < -0.39 is 34.5 Å². The molecule has 0 bridgehead atoms. The van der Waals surface area contributed by atoms with Gasteiger partial charge in [-0.05, 0) is 51.2 Å². The number of nitrogens with two attached hydrogens (primary N) is 2. The summed E-state index contributed by atoms with van der Waals surface area (Å²) >= 11 is 0.735. The first-order chi connectivity index (χ1) is 20.4. The van der Waals surface area contributed by atoms with Gasteiger partial charge in [0.25, 0.3) is 0 Å². The van der Waals surface area contributed by atoms with Crippen LogP contribution >= 0.6 is 11.3 Å². The van der Waals surface area contributed by atoms with Crippen molar-refractivity contribution < 1.29 is 31.5 Å². The molecule has 2 fully saturated rings. The van der Waals surface area contributed by atoms with Gasteiger partial charge in [-0.3, -0.25) is 4.79 Å². The number of benzene rings is 2. The maximum atomic E-state index is 16.0. The van der Waals surface area contributed by atoms with E-state index in [0.29, 0.717) is 0 Å². The van der Waals surface area contributed by atoms with Gasteiger partial charge >= 0.3 is 12.2 Å². The topological polar surface area (TPSA) is 136 Å². The van der Waals surface area contributed by atoms with Gasteiger partial charge in [0.05, 0.1) is 35.5 Å². The molecule has 0 atom stereocenters. The van der Waals surface area contributed by atoms with Crippen molar-refractivity contribution >= 4 is 49.3 Å². The van der Waals surface area contributed by atoms with Gasteiger partial charge in [0.2, 0.25) is 5.91 Å². The van der Waals surface area contributed by atoms with E-state index in [1.807, 2.05) is 0 Å². The molecule has 10 nitrogen and oxygen atoms in total. The molecule has 16 heteroatoms. The van der Waals surface area contributed by atoms with E-state index in [4.69, 9.17) is 16.2 Å². The number of anilines is 2. The minimum atomic E-state index is -5.01. The van der Waals surface area contributed by atoms with Crippen molar-refractivity contribution in [1.29, 1.82) is 0 Å². The second-order valence-electron chi connectivity index (χ2n) is 10.2. The number of carbonyl (C=O) groups is 1. The molecular formula is C27H29F5N8O2S. The maximum absolute atomic E-state index is 16.0. The fourth-order valence-corrected chi connectivity index (χ4v) is 5.82. The minimum absolute atomic E-state index is 0.0887. The number of hydrogen-bond acceptors (Lipinski definition) is 10. The highest BCUT2D eigenvalue weighted by molar-refractivity contribution is 7.22. The van der Waals surface area contributed by atoms with Crippen molar-refractivity contribution in [2.45, 2.75) is 25.1 Å². The third-order valence-corrected chi connectivity index (χ3v) is 8.15. The summed E-state index contributed by atoms with van der Waals surface area (Å²) in [5, 5.41) is 2.59. The summed E-state index contributed by atoms with van der Waals surface area (Å²) < 4.78 is 78.2. The lowest BCUT2D eigenvalue weighted by Gasteiger charge is -2.39. The first-order valence-corrected chi connectivity index (χ1v) is 14.2. The van der Waals surface area contributed by atoms with Gasteiger partial charge in [0.15, 0.2) is 10.9 Å². The van der Waals surface area contributed by atoms with Crippen LogP contribution in [0.1, 0.15) is 18.4 Å². The molecule has 0 radical (unpaired) electrons. The van der Waals surface area contributed by atoms with E-state index in [1.165, 1.54) is 37.9 Å². The van der Waals surface area contributed by atoms with Gasteiger partial charge in [0, 0.05) is 29.6 Å². The number of nitrogen functional groups attached to an aromatic ring is 1. The van der Waals surface area contributed by atoms with Crippen molar-refractivity contribution in [3.05, 3.63) is 35.4 Å².